The highest BCUT2D eigenvalue weighted by Crippen LogP contribution is 2.20. The molecule has 0 aliphatic carbocycles. The number of hydrogen-bond acceptors (Lipinski definition) is 2. The molecule has 0 heterocycles. The predicted octanol–water partition coefficient (Wildman–Crippen LogP) is 1.87. The summed E-state index contributed by atoms with van der Waals surface area (Å²) in [5, 5.41) is 3.92. The van der Waals surface area contributed by atoms with Gasteiger partial charge in [0.2, 0.25) is 0 Å². The van der Waals surface area contributed by atoms with E-state index in [1.165, 1.54) is 0 Å². The number of nitrogens with two attached hydrogens (primary N) is 1. The van der Waals surface area contributed by atoms with Crippen LogP contribution in [0.25, 0.3) is 0 Å². The van der Waals surface area contributed by atoms with Crippen molar-refractivity contribution in [3.63, 3.8) is 0 Å². The van der Waals surface area contributed by atoms with E-state index in [-0.39, 0.29) is 6.04 Å². The molecule has 3 N–H and O–H groups in total. The Kier molecular flexibility index (Phi) is 4.64. The average Bonchev–Trinajstić information content (AvgIpc) is 2.24. The van der Waals surface area contributed by atoms with Crippen molar-refractivity contribution in [2.75, 3.05) is 13.1 Å². The van der Waals surface area contributed by atoms with Gasteiger partial charge < -0.3 is 5.73 Å². The van der Waals surface area contributed by atoms with Crippen LogP contribution in [0.1, 0.15) is 17.2 Å². The van der Waals surface area contributed by atoms with Crippen LogP contribution in [0.2, 0.25) is 5.02 Å². The number of aryl methyl sites for hydroxylation is 1. The van der Waals surface area contributed by atoms with Crippen molar-refractivity contribution >= 4 is 11.6 Å². The summed E-state index contributed by atoms with van der Waals surface area (Å²) in [6, 6.07) is 6.00. The molecule has 80 valence electrons. The Labute approximate surface area is 95.8 Å². The maximum atomic E-state index is 6.04. The first-order chi connectivity index (χ1) is 7.19. The van der Waals surface area contributed by atoms with Gasteiger partial charge in [0.25, 0.3) is 0 Å². The van der Waals surface area contributed by atoms with Crippen LogP contribution in [-0.4, -0.2) is 13.1 Å². The maximum absolute atomic E-state index is 6.04. The number of halogens is 1. The molecule has 15 heavy (non-hydrogen) atoms. The maximum Gasteiger partial charge on any atom is 0.0578 e. The zero-order valence-electron chi connectivity index (χ0n) is 8.76. The molecule has 1 unspecified atom stereocenters. The summed E-state index contributed by atoms with van der Waals surface area (Å²) >= 11 is 6.04. The summed E-state index contributed by atoms with van der Waals surface area (Å²) in [6.45, 7) is 2.98. The van der Waals surface area contributed by atoms with E-state index in [0.717, 1.165) is 16.1 Å². The molecule has 1 rings (SSSR count). The first kappa shape index (κ1) is 12.1. The van der Waals surface area contributed by atoms with E-state index in [9.17, 15) is 0 Å². The summed E-state index contributed by atoms with van der Waals surface area (Å²) in [7, 11) is 0. The van der Waals surface area contributed by atoms with E-state index < -0.39 is 0 Å². The fourth-order valence-corrected chi connectivity index (χ4v) is 1.53. The molecular weight excluding hydrogens is 208 g/mol. The molecule has 2 nitrogen and oxygen atoms in total. The molecule has 0 radical (unpaired) electrons. The molecule has 1 atom stereocenters. The number of hydrogen-bond donors (Lipinski definition) is 2. The van der Waals surface area contributed by atoms with Crippen LogP contribution in [0.4, 0.5) is 0 Å². The topological polar surface area (TPSA) is 38.0 Å². The van der Waals surface area contributed by atoms with Gasteiger partial charge in [0.1, 0.15) is 0 Å². The second-order valence-corrected chi connectivity index (χ2v) is 3.79. The van der Waals surface area contributed by atoms with Gasteiger partial charge in [0, 0.05) is 17.6 Å². The van der Waals surface area contributed by atoms with Crippen molar-refractivity contribution < 1.29 is 0 Å². The summed E-state index contributed by atoms with van der Waals surface area (Å²) in [5.41, 5.74) is 7.80. The molecule has 0 saturated carbocycles. The van der Waals surface area contributed by atoms with Gasteiger partial charge >= 0.3 is 0 Å². The lowest BCUT2D eigenvalue weighted by Crippen LogP contribution is -2.28. The Bertz CT molecular complexity index is 368. The highest BCUT2D eigenvalue weighted by atomic mass is 35.5. The molecule has 0 spiro atoms. The zero-order valence-corrected chi connectivity index (χ0v) is 9.51. The van der Waals surface area contributed by atoms with Gasteiger partial charge in [0.05, 0.1) is 6.54 Å². The first-order valence-electron chi connectivity index (χ1n) is 4.82. The van der Waals surface area contributed by atoms with Crippen LogP contribution in [0.3, 0.4) is 0 Å². The normalized spacial score (nSPS) is 12.1. The molecule has 3 heteroatoms. The van der Waals surface area contributed by atoms with Gasteiger partial charge in [-0.25, -0.2) is 0 Å². The van der Waals surface area contributed by atoms with E-state index in [4.69, 9.17) is 23.8 Å². The number of benzene rings is 1. The van der Waals surface area contributed by atoms with Crippen LogP contribution < -0.4 is 11.1 Å². The summed E-state index contributed by atoms with van der Waals surface area (Å²) < 4.78 is 0. The second kappa shape index (κ2) is 5.77. The first-order valence-corrected chi connectivity index (χ1v) is 5.19. The Morgan fingerprint density at radius 3 is 2.87 bits per heavy atom. The largest absolute Gasteiger partial charge is 0.329 e. The van der Waals surface area contributed by atoms with Gasteiger partial charge in [-0.1, -0.05) is 29.7 Å². The molecule has 0 saturated heterocycles. The Morgan fingerprint density at radius 1 is 1.60 bits per heavy atom. The molecule has 1 aromatic carbocycles. The average molecular weight is 223 g/mol. The minimum atomic E-state index is 0.0687. The Hall–Kier alpha value is -1.01. The van der Waals surface area contributed by atoms with E-state index in [2.05, 4.69) is 11.2 Å². The Morgan fingerprint density at radius 2 is 2.33 bits per heavy atom. The van der Waals surface area contributed by atoms with Crippen molar-refractivity contribution in [3.05, 3.63) is 34.3 Å². The van der Waals surface area contributed by atoms with Gasteiger partial charge in [-0.2, -0.15) is 0 Å². The molecule has 0 amide bonds. The second-order valence-electron chi connectivity index (χ2n) is 3.38. The van der Waals surface area contributed by atoms with Crippen LogP contribution in [-0.2, 0) is 0 Å². The molecule has 1 aromatic rings. The summed E-state index contributed by atoms with van der Waals surface area (Å²) in [5.74, 6) is 2.53. The van der Waals surface area contributed by atoms with Gasteiger partial charge in [-0.15, -0.1) is 6.42 Å². The van der Waals surface area contributed by atoms with E-state index in [0.29, 0.717) is 13.1 Å². The SMILES string of the molecule is C#CCNC(CN)c1ccc(C)c(Cl)c1. The van der Waals surface area contributed by atoms with E-state index in [1.807, 2.05) is 25.1 Å². The molecule has 0 fully saturated rings. The number of rotatable bonds is 4. The predicted molar refractivity (Wildman–Crippen MR) is 64.8 cm³/mol. The molecule has 0 aliphatic heterocycles. The smallest absolute Gasteiger partial charge is 0.0578 e. The van der Waals surface area contributed by atoms with Crippen LogP contribution in [0.15, 0.2) is 18.2 Å². The van der Waals surface area contributed by atoms with Crippen molar-refractivity contribution in [2.45, 2.75) is 13.0 Å². The van der Waals surface area contributed by atoms with Gasteiger partial charge in [-0.3, -0.25) is 5.32 Å². The van der Waals surface area contributed by atoms with Gasteiger partial charge in [-0.05, 0) is 24.1 Å². The highest BCUT2D eigenvalue weighted by Gasteiger charge is 2.09. The van der Waals surface area contributed by atoms with Gasteiger partial charge in [0.15, 0.2) is 0 Å². The standard InChI is InChI=1S/C12H15ClN2/c1-3-6-15-12(8-14)10-5-4-9(2)11(13)7-10/h1,4-5,7,12,15H,6,8,14H2,2H3. The quantitative estimate of drug-likeness (QED) is 0.764. The highest BCUT2D eigenvalue weighted by molar-refractivity contribution is 6.31. The Balaban J connectivity index is 2.83. The summed E-state index contributed by atoms with van der Waals surface area (Å²) in [6.07, 6.45) is 5.18. The minimum absolute atomic E-state index is 0.0687. The summed E-state index contributed by atoms with van der Waals surface area (Å²) in [4.78, 5) is 0. The zero-order chi connectivity index (χ0) is 11.3. The molecule has 0 bridgehead atoms. The van der Waals surface area contributed by atoms with Crippen molar-refractivity contribution in [1.82, 2.24) is 5.32 Å². The minimum Gasteiger partial charge on any atom is -0.329 e. The monoisotopic (exact) mass is 222 g/mol. The molecular formula is C12H15ClN2. The van der Waals surface area contributed by atoms with E-state index in [1.54, 1.807) is 0 Å². The van der Waals surface area contributed by atoms with Crippen molar-refractivity contribution in [1.29, 1.82) is 0 Å². The lowest BCUT2D eigenvalue weighted by molar-refractivity contribution is 0.582. The van der Waals surface area contributed by atoms with E-state index >= 15 is 0 Å². The fourth-order valence-electron chi connectivity index (χ4n) is 1.35. The van der Waals surface area contributed by atoms with Crippen LogP contribution >= 0.6 is 11.6 Å². The third-order valence-corrected chi connectivity index (χ3v) is 2.69. The third-order valence-electron chi connectivity index (χ3n) is 2.28. The third kappa shape index (κ3) is 3.24. The van der Waals surface area contributed by atoms with Crippen molar-refractivity contribution in [3.8, 4) is 12.3 Å². The number of nitrogens with one attached hydrogen (secondary N) is 1. The van der Waals surface area contributed by atoms with Crippen LogP contribution in [0, 0.1) is 19.3 Å². The van der Waals surface area contributed by atoms with Crippen LogP contribution in [0.5, 0.6) is 0 Å². The lowest BCUT2D eigenvalue weighted by atomic mass is 10.1. The van der Waals surface area contributed by atoms with Crippen molar-refractivity contribution in [2.24, 2.45) is 5.73 Å². The lowest BCUT2D eigenvalue weighted by Gasteiger charge is -2.16. The molecule has 0 aliphatic rings. The fraction of sp³-hybridized carbons (Fsp3) is 0.333. The molecule has 0 aromatic heterocycles. The number of terminal acetylenes is 1.